The van der Waals surface area contributed by atoms with E-state index in [0.717, 1.165) is 5.56 Å². The number of nitrogens with one attached hydrogen (secondary N) is 1. The standard InChI is InChI=1S/C18H23ClN4O3/c1-2-21-8-9-22(18(26)17(21)25)12-16(24)23-7-6-20-11-15(23)13-4-3-5-14(19)10-13/h3-5,10,15,20H,2,6-9,11-12H2,1H3. The molecule has 140 valence electrons. The Hall–Kier alpha value is -2.12. The van der Waals surface area contributed by atoms with Gasteiger partial charge in [-0.2, -0.15) is 0 Å². The van der Waals surface area contributed by atoms with E-state index in [1.807, 2.05) is 25.1 Å². The van der Waals surface area contributed by atoms with Gasteiger partial charge in [0.25, 0.3) is 0 Å². The number of amides is 3. The highest BCUT2D eigenvalue weighted by molar-refractivity contribution is 6.35. The van der Waals surface area contributed by atoms with Crippen LogP contribution in [0.5, 0.6) is 0 Å². The van der Waals surface area contributed by atoms with Gasteiger partial charge in [0.05, 0.1) is 6.04 Å². The summed E-state index contributed by atoms with van der Waals surface area (Å²) in [6.45, 7) is 4.99. The summed E-state index contributed by atoms with van der Waals surface area (Å²) in [4.78, 5) is 41.8. The van der Waals surface area contributed by atoms with Gasteiger partial charge in [-0.3, -0.25) is 14.4 Å². The molecule has 8 heteroatoms. The number of carbonyl (C=O) groups is 3. The molecule has 0 saturated carbocycles. The highest BCUT2D eigenvalue weighted by Crippen LogP contribution is 2.25. The third-order valence-electron chi connectivity index (χ3n) is 4.90. The number of hydrogen-bond donors (Lipinski definition) is 1. The molecule has 3 amide bonds. The molecule has 1 unspecified atom stereocenters. The third-order valence-corrected chi connectivity index (χ3v) is 5.14. The monoisotopic (exact) mass is 378 g/mol. The molecule has 1 aromatic carbocycles. The first-order chi connectivity index (χ1) is 12.5. The van der Waals surface area contributed by atoms with E-state index in [4.69, 9.17) is 11.6 Å². The molecule has 1 N–H and O–H groups in total. The van der Waals surface area contributed by atoms with Crippen LogP contribution in [0.2, 0.25) is 5.02 Å². The van der Waals surface area contributed by atoms with Crippen LogP contribution in [0.4, 0.5) is 0 Å². The van der Waals surface area contributed by atoms with Gasteiger partial charge in [0.1, 0.15) is 6.54 Å². The van der Waals surface area contributed by atoms with Crippen LogP contribution >= 0.6 is 11.6 Å². The second kappa shape index (κ2) is 8.05. The van der Waals surface area contributed by atoms with Crippen molar-refractivity contribution < 1.29 is 14.4 Å². The lowest BCUT2D eigenvalue weighted by Gasteiger charge is -2.39. The van der Waals surface area contributed by atoms with E-state index in [-0.39, 0.29) is 18.5 Å². The van der Waals surface area contributed by atoms with E-state index in [1.165, 1.54) is 9.80 Å². The van der Waals surface area contributed by atoms with Gasteiger partial charge in [0.2, 0.25) is 5.91 Å². The Balaban J connectivity index is 1.71. The number of carbonyl (C=O) groups excluding carboxylic acids is 3. The predicted octanol–water partition coefficient (Wildman–Crippen LogP) is 0.504. The summed E-state index contributed by atoms with van der Waals surface area (Å²) >= 11 is 6.09. The second-order valence-corrected chi connectivity index (χ2v) is 6.91. The minimum Gasteiger partial charge on any atom is -0.333 e. The van der Waals surface area contributed by atoms with Gasteiger partial charge in [-0.05, 0) is 24.6 Å². The second-order valence-electron chi connectivity index (χ2n) is 6.47. The van der Waals surface area contributed by atoms with E-state index in [9.17, 15) is 14.4 Å². The van der Waals surface area contributed by atoms with E-state index in [1.54, 1.807) is 11.0 Å². The molecule has 0 radical (unpaired) electrons. The van der Waals surface area contributed by atoms with Crippen molar-refractivity contribution in [1.82, 2.24) is 20.0 Å². The zero-order chi connectivity index (χ0) is 18.7. The van der Waals surface area contributed by atoms with Crippen molar-refractivity contribution in [1.29, 1.82) is 0 Å². The van der Waals surface area contributed by atoms with Gasteiger partial charge >= 0.3 is 11.8 Å². The van der Waals surface area contributed by atoms with Gasteiger partial charge in [0.15, 0.2) is 0 Å². The smallest absolute Gasteiger partial charge is 0.312 e. The highest BCUT2D eigenvalue weighted by Gasteiger charge is 2.35. The van der Waals surface area contributed by atoms with Crippen LogP contribution in [0.15, 0.2) is 24.3 Å². The molecular formula is C18H23ClN4O3. The molecule has 2 aliphatic rings. The van der Waals surface area contributed by atoms with E-state index in [0.29, 0.717) is 44.3 Å². The molecule has 0 spiro atoms. The van der Waals surface area contributed by atoms with E-state index in [2.05, 4.69) is 5.32 Å². The van der Waals surface area contributed by atoms with Crippen LogP contribution in [0.1, 0.15) is 18.5 Å². The molecule has 2 aliphatic heterocycles. The largest absolute Gasteiger partial charge is 0.333 e. The lowest BCUT2D eigenvalue weighted by Crippen LogP contribution is -2.58. The Morgan fingerprint density at radius 2 is 1.92 bits per heavy atom. The van der Waals surface area contributed by atoms with Crippen molar-refractivity contribution in [2.24, 2.45) is 0 Å². The van der Waals surface area contributed by atoms with Crippen LogP contribution in [-0.4, -0.2) is 78.2 Å². The minimum atomic E-state index is -0.596. The molecule has 0 aliphatic carbocycles. The van der Waals surface area contributed by atoms with Crippen molar-refractivity contribution in [3.05, 3.63) is 34.9 Å². The van der Waals surface area contributed by atoms with Crippen LogP contribution in [0.3, 0.4) is 0 Å². The number of benzene rings is 1. The summed E-state index contributed by atoms with van der Waals surface area (Å²) in [5, 5.41) is 3.91. The van der Waals surface area contributed by atoms with Gasteiger partial charge in [-0.25, -0.2) is 0 Å². The first-order valence-electron chi connectivity index (χ1n) is 8.85. The predicted molar refractivity (Wildman–Crippen MR) is 97.6 cm³/mol. The molecule has 26 heavy (non-hydrogen) atoms. The summed E-state index contributed by atoms with van der Waals surface area (Å²) in [6.07, 6.45) is 0. The first kappa shape index (κ1) is 18.7. The summed E-state index contributed by atoms with van der Waals surface area (Å²) in [5.41, 5.74) is 0.955. The van der Waals surface area contributed by atoms with Crippen molar-refractivity contribution in [2.75, 3.05) is 45.8 Å². The van der Waals surface area contributed by atoms with Crippen molar-refractivity contribution in [2.45, 2.75) is 13.0 Å². The van der Waals surface area contributed by atoms with Gasteiger partial charge in [-0.1, -0.05) is 23.7 Å². The maximum absolute atomic E-state index is 12.9. The normalized spacial score (nSPS) is 21.3. The van der Waals surface area contributed by atoms with E-state index < -0.39 is 11.8 Å². The number of likely N-dealkylation sites (N-methyl/N-ethyl adjacent to an activating group) is 1. The fourth-order valence-electron chi connectivity index (χ4n) is 3.44. The van der Waals surface area contributed by atoms with Crippen molar-refractivity contribution >= 4 is 29.3 Å². The number of halogens is 1. The third kappa shape index (κ3) is 3.83. The maximum atomic E-state index is 12.9. The topological polar surface area (TPSA) is 73.0 Å². The minimum absolute atomic E-state index is 0.0702. The van der Waals surface area contributed by atoms with Gasteiger partial charge < -0.3 is 20.0 Å². The zero-order valence-electron chi connectivity index (χ0n) is 14.8. The molecular weight excluding hydrogens is 356 g/mol. The number of piperazine rings is 2. The Morgan fingerprint density at radius 3 is 2.65 bits per heavy atom. The first-order valence-corrected chi connectivity index (χ1v) is 9.23. The Kier molecular flexibility index (Phi) is 5.78. The molecule has 2 saturated heterocycles. The van der Waals surface area contributed by atoms with Crippen LogP contribution in [0, 0.1) is 0 Å². The summed E-state index contributed by atoms with van der Waals surface area (Å²) in [6, 6.07) is 7.32. The summed E-state index contributed by atoms with van der Waals surface area (Å²) in [7, 11) is 0. The molecule has 0 bridgehead atoms. The average molecular weight is 379 g/mol. The van der Waals surface area contributed by atoms with E-state index >= 15 is 0 Å². The molecule has 2 fully saturated rings. The summed E-state index contributed by atoms with van der Waals surface area (Å²) < 4.78 is 0. The lowest BCUT2D eigenvalue weighted by atomic mass is 10.0. The average Bonchev–Trinajstić information content (AvgIpc) is 2.65. The Labute approximate surface area is 157 Å². The molecule has 7 nitrogen and oxygen atoms in total. The molecule has 2 heterocycles. The molecule has 3 rings (SSSR count). The highest BCUT2D eigenvalue weighted by atomic mass is 35.5. The number of hydrogen-bond acceptors (Lipinski definition) is 4. The molecule has 1 atom stereocenters. The quantitative estimate of drug-likeness (QED) is 0.774. The number of rotatable bonds is 4. The zero-order valence-corrected chi connectivity index (χ0v) is 15.5. The van der Waals surface area contributed by atoms with Crippen LogP contribution in [-0.2, 0) is 14.4 Å². The Morgan fingerprint density at radius 1 is 1.19 bits per heavy atom. The molecule has 1 aromatic rings. The summed E-state index contributed by atoms with van der Waals surface area (Å²) in [5.74, 6) is -1.28. The maximum Gasteiger partial charge on any atom is 0.312 e. The fourth-order valence-corrected chi connectivity index (χ4v) is 3.63. The lowest BCUT2D eigenvalue weighted by molar-refractivity contribution is -0.158. The molecule has 0 aromatic heterocycles. The van der Waals surface area contributed by atoms with Gasteiger partial charge in [-0.15, -0.1) is 0 Å². The van der Waals surface area contributed by atoms with Gasteiger partial charge in [0, 0.05) is 44.3 Å². The van der Waals surface area contributed by atoms with Crippen molar-refractivity contribution in [3.8, 4) is 0 Å². The van der Waals surface area contributed by atoms with Crippen LogP contribution < -0.4 is 5.32 Å². The van der Waals surface area contributed by atoms with Crippen LogP contribution in [0.25, 0.3) is 0 Å². The fraction of sp³-hybridized carbons (Fsp3) is 0.500. The SMILES string of the molecule is CCN1CCN(CC(=O)N2CCNCC2c2cccc(Cl)c2)C(=O)C1=O. The number of nitrogens with zero attached hydrogens (tertiary/aromatic N) is 3. The van der Waals surface area contributed by atoms with Crippen molar-refractivity contribution in [3.63, 3.8) is 0 Å². The Bertz CT molecular complexity index is 711.